The Kier molecular flexibility index (Phi) is 5.63. The topological polar surface area (TPSA) is 84.9 Å². The van der Waals surface area contributed by atoms with Crippen LogP contribution in [0.4, 0.5) is 11.4 Å². The van der Waals surface area contributed by atoms with Crippen LogP contribution in [0.25, 0.3) is 0 Å². The van der Waals surface area contributed by atoms with Gasteiger partial charge in [0.2, 0.25) is 5.91 Å². The minimum atomic E-state index is -1.04. The number of fused-ring (bicyclic) bond motifs is 1. The highest BCUT2D eigenvalue weighted by Crippen LogP contribution is 2.29. The van der Waals surface area contributed by atoms with E-state index in [1.54, 1.807) is 48.5 Å². The Balaban J connectivity index is 1.69. The van der Waals surface area contributed by atoms with Gasteiger partial charge in [0, 0.05) is 0 Å². The van der Waals surface area contributed by atoms with E-state index in [-0.39, 0.29) is 18.6 Å². The lowest BCUT2D eigenvalue weighted by Crippen LogP contribution is -2.47. The molecule has 1 heterocycles. The van der Waals surface area contributed by atoms with Gasteiger partial charge in [-0.05, 0) is 57.2 Å². The number of nitrogens with one attached hydrogen (secondary N) is 1. The minimum Gasteiger partial charge on any atom is -0.491 e. The summed E-state index contributed by atoms with van der Waals surface area (Å²) in [6.07, 6.45) is -1.02. The zero-order chi connectivity index (χ0) is 20.3. The second kappa shape index (κ2) is 8.12. The van der Waals surface area contributed by atoms with Crippen LogP contribution in [0.1, 0.15) is 31.1 Å². The first-order valence-corrected chi connectivity index (χ1v) is 9.03. The number of rotatable bonds is 5. The molecular weight excluding hydrogens is 360 g/mol. The fourth-order valence-corrected chi connectivity index (χ4v) is 2.87. The van der Waals surface area contributed by atoms with Crippen LogP contribution in [0.5, 0.6) is 5.75 Å². The largest absolute Gasteiger partial charge is 0.491 e. The van der Waals surface area contributed by atoms with Gasteiger partial charge in [-0.2, -0.15) is 0 Å². The lowest BCUT2D eigenvalue weighted by molar-refractivity contribution is -0.128. The molecule has 0 radical (unpaired) electrons. The molecule has 0 saturated carbocycles. The van der Waals surface area contributed by atoms with Crippen LogP contribution in [-0.2, 0) is 14.3 Å². The summed E-state index contributed by atoms with van der Waals surface area (Å²) in [5, 5.41) is 2.72. The Morgan fingerprint density at radius 1 is 1.04 bits per heavy atom. The summed E-state index contributed by atoms with van der Waals surface area (Å²) in [4.78, 5) is 38.4. The zero-order valence-corrected chi connectivity index (χ0v) is 16.0. The van der Waals surface area contributed by atoms with Crippen molar-refractivity contribution in [3.8, 4) is 5.75 Å². The molecule has 2 amide bonds. The van der Waals surface area contributed by atoms with Crippen molar-refractivity contribution in [3.05, 3.63) is 54.1 Å². The lowest BCUT2D eigenvalue weighted by Gasteiger charge is -2.30. The van der Waals surface area contributed by atoms with Crippen molar-refractivity contribution in [1.82, 2.24) is 0 Å². The van der Waals surface area contributed by atoms with E-state index in [1.165, 1.54) is 11.8 Å². The van der Waals surface area contributed by atoms with Gasteiger partial charge >= 0.3 is 5.97 Å². The van der Waals surface area contributed by atoms with Crippen LogP contribution in [-0.4, -0.2) is 36.5 Å². The number of anilines is 2. The van der Waals surface area contributed by atoms with E-state index >= 15 is 0 Å². The molecule has 146 valence electrons. The van der Waals surface area contributed by atoms with E-state index in [0.717, 1.165) is 0 Å². The molecule has 7 heteroatoms. The number of carbonyl (C=O) groups is 3. The molecule has 0 fully saturated rings. The van der Waals surface area contributed by atoms with Gasteiger partial charge in [-0.1, -0.05) is 12.1 Å². The summed E-state index contributed by atoms with van der Waals surface area (Å²) in [6, 6.07) is 13.5. The van der Waals surface area contributed by atoms with Gasteiger partial charge in [-0.25, -0.2) is 4.79 Å². The summed E-state index contributed by atoms with van der Waals surface area (Å²) in [6.45, 7) is 5.19. The number of hydrogen-bond donors (Lipinski definition) is 1. The van der Waals surface area contributed by atoms with E-state index < -0.39 is 18.0 Å². The Hall–Kier alpha value is -3.35. The van der Waals surface area contributed by atoms with Crippen LogP contribution in [0.15, 0.2) is 48.5 Å². The molecule has 0 aliphatic carbocycles. The molecule has 28 heavy (non-hydrogen) atoms. The van der Waals surface area contributed by atoms with Crippen molar-refractivity contribution in [3.63, 3.8) is 0 Å². The number of amides is 2. The van der Waals surface area contributed by atoms with E-state index in [0.29, 0.717) is 22.7 Å². The van der Waals surface area contributed by atoms with Crippen LogP contribution in [0.2, 0.25) is 0 Å². The molecule has 1 aliphatic rings. The van der Waals surface area contributed by atoms with Gasteiger partial charge < -0.3 is 14.8 Å². The summed E-state index contributed by atoms with van der Waals surface area (Å²) in [5.41, 5.74) is 1.43. The Bertz CT molecular complexity index is 892. The third-order valence-corrected chi connectivity index (χ3v) is 4.13. The third kappa shape index (κ3) is 4.31. The summed E-state index contributed by atoms with van der Waals surface area (Å²) in [7, 11) is 0. The van der Waals surface area contributed by atoms with Crippen molar-refractivity contribution in [2.24, 2.45) is 0 Å². The first-order chi connectivity index (χ1) is 13.3. The maximum atomic E-state index is 12.8. The molecule has 0 spiro atoms. The van der Waals surface area contributed by atoms with Gasteiger partial charge in [0.15, 0.2) is 6.10 Å². The van der Waals surface area contributed by atoms with Crippen LogP contribution < -0.4 is 15.0 Å². The van der Waals surface area contributed by atoms with Crippen molar-refractivity contribution in [2.75, 3.05) is 16.8 Å². The Morgan fingerprint density at radius 2 is 1.71 bits per heavy atom. The molecular formula is C21H22N2O5. The quantitative estimate of drug-likeness (QED) is 0.804. The van der Waals surface area contributed by atoms with Crippen LogP contribution >= 0.6 is 0 Å². The van der Waals surface area contributed by atoms with Crippen molar-refractivity contribution >= 4 is 29.2 Å². The Labute approximate surface area is 163 Å². The standard InChI is InChI=1S/C21H22N2O5/c1-13(2)27-16-10-8-15(9-11-16)21(26)28-14(3)20(25)23-12-19(24)22-17-6-4-5-7-18(17)23/h4-11,13-14H,12H2,1-3H3,(H,22,24)/t14-/m0/s1. The molecule has 1 aliphatic heterocycles. The number of carbonyl (C=O) groups excluding carboxylic acids is 3. The second-order valence-corrected chi connectivity index (χ2v) is 6.73. The second-order valence-electron chi connectivity index (χ2n) is 6.73. The zero-order valence-electron chi connectivity index (χ0n) is 16.0. The average molecular weight is 382 g/mol. The summed E-state index contributed by atoms with van der Waals surface area (Å²) >= 11 is 0. The monoisotopic (exact) mass is 382 g/mol. The maximum absolute atomic E-state index is 12.8. The van der Waals surface area contributed by atoms with E-state index in [9.17, 15) is 14.4 Å². The number of hydrogen-bond acceptors (Lipinski definition) is 5. The van der Waals surface area contributed by atoms with Crippen LogP contribution in [0.3, 0.4) is 0 Å². The van der Waals surface area contributed by atoms with Gasteiger partial charge in [-0.15, -0.1) is 0 Å². The molecule has 2 aromatic carbocycles. The molecule has 0 aromatic heterocycles. The van der Waals surface area contributed by atoms with Crippen molar-refractivity contribution in [2.45, 2.75) is 33.0 Å². The molecule has 7 nitrogen and oxygen atoms in total. The SMILES string of the molecule is CC(C)Oc1ccc(C(=O)O[C@@H](C)C(=O)N2CC(=O)Nc3ccccc32)cc1. The number of para-hydroxylation sites is 2. The molecule has 2 aromatic rings. The number of esters is 1. The molecule has 0 bridgehead atoms. The highest BCUT2D eigenvalue weighted by molar-refractivity contribution is 6.11. The van der Waals surface area contributed by atoms with Gasteiger partial charge in [0.1, 0.15) is 12.3 Å². The molecule has 1 atom stereocenters. The lowest BCUT2D eigenvalue weighted by atomic mass is 10.1. The molecule has 0 unspecified atom stereocenters. The van der Waals surface area contributed by atoms with Crippen LogP contribution in [0, 0.1) is 0 Å². The minimum absolute atomic E-state index is 0.0278. The average Bonchev–Trinajstić information content (AvgIpc) is 2.66. The van der Waals surface area contributed by atoms with E-state index in [4.69, 9.17) is 9.47 Å². The predicted octanol–water partition coefficient (Wildman–Crippen LogP) is 3.00. The summed E-state index contributed by atoms with van der Waals surface area (Å²) in [5.74, 6) is -0.736. The van der Waals surface area contributed by atoms with Gasteiger partial charge in [-0.3, -0.25) is 14.5 Å². The predicted molar refractivity (Wildman–Crippen MR) is 105 cm³/mol. The maximum Gasteiger partial charge on any atom is 0.338 e. The Morgan fingerprint density at radius 3 is 2.39 bits per heavy atom. The first-order valence-electron chi connectivity index (χ1n) is 9.03. The van der Waals surface area contributed by atoms with E-state index in [2.05, 4.69) is 5.32 Å². The number of nitrogens with zero attached hydrogens (tertiary/aromatic N) is 1. The molecule has 3 rings (SSSR count). The third-order valence-electron chi connectivity index (χ3n) is 4.13. The fourth-order valence-electron chi connectivity index (χ4n) is 2.87. The molecule has 1 N–H and O–H groups in total. The van der Waals surface area contributed by atoms with Gasteiger partial charge in [0.25, 0.3) is 5.91 Å². The first kappa shape index (κ1) is 19.4. The number of benzene rings is 2. The highest BCUT2D eigenvalue weighted by Gasteiger charge is 2.31. The normalized spacial score (nSPS) is 14.1. The number of ether oxygens (including phenoxy) is 2. The van der Waals surface area contributed by atoms with E-state index in [1.807, 2.05) is 13.8 Å². The van der Waals surface area contributed by atoms with Crippen molar-refractivity contribution in [1.29, 1.82) is 0 Å². The molecule has 0 saturated heterocycles. The highest BCUT2D eigenvalue weighted by atomic mass is 16.5. The summed E-state index contributed by atoms with van der Waals surface area (Å²) < 4.78 is 10.9. The smallest absolute Gasteiger partial charge is 0.338 e. The van der Waals surface area contributed by atoms with Crippen molar-refractivity contribution < 1.29 is 23.9 Å². The van der Waals surface area contributed by atoms with Gasteiger partial charge in [0.05, 0.1) is 23.0 Å². The fraction of sp³-hybridized carbons (Fsp3) is 0.286.